The minimum absolute atomic E-state index is 0.0783. The SMILES string of the molecule is CCC1CN(C(=O)CSC)CCC1=O. The van der Waals surface area contributed by atoms with Gasteiger partial charge in [-0.15, -0.1) is 0 Å². The van der Waals surface area contributed by atoms with Crippen LogP contribution in [0.1, 0.15) is 19.8 Å². The van der Waals surface area contributed by atoms with Crippen molar-refractivity contribution in [2.75, 3.05) is 25.1 Å². The average molecular weight is 215 g/mol. The number of hydrogen-bond donors (Lipinski definition) is 0. The van der Waals surface area contributed by atoms with Crippen LogP contribution in [0.2, 0.25) is 0 Å². The first kappa shape index (κ1) is 11.6. The van der Waals surface area contributed by atoms with E-state index in [1.807, 2.05) is 18.1 Å². The van der Waals surface area contributed by atoms with E-state index in [0.29, 0.717) is 31.0 Å². The summed E-state index contributed by atoms with van der Waals surface area (Å²) in [6.45, 7) is 3.26. The monoisotopic (exact) mass is 215 g/mol. The Bertz CT molecular complexity index is 230. The molecular formula is C10H17NO2S. The molecule has 14 heavy (non-hydrogen) atoms. The molecule has 1 aliphatic heterocycles. The first-order valence-electron chi connectivity index (χ1n) is 4.98. The molecule has 0 radical (unpaired) electrons. The lowest BCUT2D eigenvalue weighted by atomic mass is 9.94. The molecule has 1 heterocycles. The first-order valence-corrected chi connectivity index (χ1v) is 6.37. The summed E-state index contributed by atoms with van der Waals surface area (Å²) in [5, 5.41) is 0. The molecule has 1 atom stereocenters. The van der Waals surface area contributed by atoms with Gasteiger partial charge >= 0.3 is 0 Å². The number of nitrogens with zero attached hydrogens (tertiary/aromatic N) is 1. The lowest BCUT2D eigenvalue weighted by Crippen LogP contribution is -2.44. The summed E-state index contributed by atoms with van der Waals surface area (Å²) in [4.78, 5) is 24.8. The lowest BCUT2D eigenvalue weighted by Gasteiger charge is -2.31. The number of amides is 1. The highest BCUT2D eigenvalue weighted by molar-refractivity contribution is 7.99. The Morgan fingerprint density at radius 2 is 2.36 bits per heavy atom. The molecule has 0 aromatic heterocycles. The van der Waals surface area contributed by atoms with E-state index in [1.54, 1.807) is 0 Å². The van der Waals surface area contributed by atoms with Crippen LogP contribution in [0.25, 0.3) is 0 Å². The molecule has 1 saturated heterocycles. The summed E-state index contributed by atoms with van der Waals surface area (Å²) in [7, 11) is 0. The van der Waals surface area contributed by atoms with E-state index in [9.17, 15) is 9.59 Å². The molecule has 3 nitrogen and oxygen atoms in total. The highest BCUT2D eigenvalue weighted by Crippen LogP contribution is 2.16. The third kappa shape index (κ3) is 2.74. The molecule has 1 unspecified atom stereocenters. The van der Waals surface area contributed by atoms with Crippen LogP contribution in [-0.2, 0) is 9.59 Å². The Morgan fingerprint density at radius 3 is 2.93 bits per heavy atom. The second-order valence-electron chi connectivity index (χ2n) is 3.59. The first-order chi connectivity index (χ1) is 6.69. The number of Topliss-reactive ketones (excluding diaryl/α,β-unsaturated/α-hetero) is 1. The van der Waals surface area contributed by atoms with Crippen molar-refractivity contribution in [1.82, 2.24) is 4.90 Å². The van der Waals surface area contributed by atoms with Crippen molar-refractivity contribution in [1.29, 1.82) is 0 Å². The second-order valence-corrected chi connectivity index (χ2v) is 4.46. The standard InChI is InChI=1S/C10H17NO2S/c1-3-8-6-11(5-4-9(8)12)10(13)7-14-2/h8H,3-7H2,1-2H3. The molecule has 4 heteroatoms. The van der Waals surface area contributed by atoms with Crippen molar-refractivity contribution in [3.05, 3.63) is 0 Å². The van der Waals surface area contributed by atoms with Gasteiger partial charge in [-0.05, 0) is 12.7 Å². The van der Waals surface area contributed by atoms with Crippen molar-refractivity contribution in [3.8, 4) is 0 Å². The third-order valence-electron chi connectivity index (χ3n) is 2.64. The van der Waals surface area contributed by atoms with Crippen LogP contribution in [-0.4, -0.2) is 41.7 Å². The van der Waals surface area contributed by atoms with Gasteiger partial charge < -0.3 is 4.90 Å². The fraction of sp³-hybridized carbons (Fsp3) is 0.800. The Morgan fingerprint density at radius 1 is 1.64 bits per heavy atom. The van der Waals surface area contributed by atoms with Crippen molar-refractivity contribution >= 4 is 23.5 Å². The lowest BCUT2D eigenvalue weighted by molar-refractivity contribution is -0.135. The van der Waals surface area contributed by atoms with Crippen LogP contribution >= 0.6 is 11.8 Å². The number of piperidine rings is 1. The average Bonchev–Trinajstić information content (AvgIpc) is 2.19. The van der Waals surface area contributed by atoms with Gasteiger partial charge in [-0.25, -0.2) is 0 Å². The maximum absolute atomic E-state index is 11.6. The van der Waals surface area contributed by atoms with E-state index < -0.39 is 0 Å². The van der Waals surface area contributed by atoms with Crippen molar-refractivity contribution < 1.29 is 9.59 Å². The van der Waals surface area contributed by atoms with Crippen LogP contribution in [0.15, 0.2) is 0 Å². The normalized spacial score (nSPS) is 22.6. The Labute approximate surface area is 89.2 Å². The molecule has 0 spiro atoms. The van der Waals surface area contributed by atoms with Crippen LogP contribution in [0, 0.1) is 5.92 Å². The molecule has 1 fully saturated rings. The van der Waals surface area contributed by atoms with Gasteiger partial charge in [0.25, 0.3) is 0 Å². The van der Waals surface area contributed by atoms with E-state index in [-0.39, 0.29) is 11.8 Å². The summed E-state index contributed by atoms with van der Waals surface area (Å²) < 4.78 is 0. The van der Waals surface area contributed by atoms with E-state index in [2.05, 4.69) is 0 Å². The van der Waals surface area contributed by atoms with Gasteiger partial charge in [-0.1, -0.05) is 6.92 Å². The van der Waals surface area contributed by atoms with Crippen LogP contribution in [0.4, 0.5) is 0 Å². The molecule has 1 aliphatic rings. The predicted octanol–water partition coefficient (Wildman–Crippen LogP) is 1.18. The van der Waals surface area contributed by atoms with Gasteiger partial charge in [0.05, 0.1) is 5.75 Å². The molecule has 1 rings (SSSR count). The number of carbonyl (C=O) groups is 2. The van der Waals surface area contributed by atoms with E-state index in [0.717, 1.165) is 6.42 Å². The molecule has 1 amide bonds. The predicted molar refractivity (Wildman–Crippen MR) is 58.4 cm³/mol. The third-order valence-corrected chi connectivity index (χ3v) is 3.17. The number of thioether (sulfide) groups is 1. The second kappa shape index (κ2) is 5.39. The highest BCUT2D eigenvalue weighted by Gasteiger charge is 2.27. The Kier molecular flexibility index (Phi) is 4.45. The van der Waals surface area contributed by atoms with Gasteiger partial charge in [0.1, 0.15) is 5.78 Å². The minimum atomic E-state index is 0.0783. The number of hydrogen-bond acceptors (Lipinski definition) is 3. The van der Waals surface area contributed by atoms with Crippen LogP contribution < -0.4 is 0 Å². The molecular weight excluding hydrogens is 198 g/mol. The Hall–Kier alpha value is -0.510. The molecule has 0 aromatic carbocycles. The van der Waals surface area contributed by atoms with Crippen molar-refractivity contribution in [3.63, 3.8) is 0 Å². The van der Waals surface area contributed by atoms with Gasteiger partial charge in [0, 0.05) is 25.4 Å². The number of carbonyl (C=O) groups excluding carboxylic acids is 2. The fourth-order valence-corrected chi connectivity index (χ4v) is 2.14. The van der Waals surface area contributed by atoms with Crippen LogP contribution in [0.5, 0.6) is 0 Å². The largest absolute Gasteiger partial charge is 0.341 e. The topological polar surface area (TPSA) is 37.4 Å². The summed E-state index contributed by atoms with van der Waals surface area (Å²) in [5.74, 6) is 1.10. The summed E-state index contributed by atoms with van der Waals surface area (Å²) in [5.41, 5.74) is 0. The molecule has 0 aliphatic carbocycles. The molecule has 80 valence electrons. The van der Waals surface area contributed by atoms with Crippen molar-refractivity contribution in [2.24, 2.45) is 5.92 Å². The van der Waals surface area contributed by atoms with Gasteiger partial charge in [0.15, 0.2) is 0 Å². The summed E-state index contributed by atoms with van der Waals surface area (Å²) >= 11 is 1.54. The quantitative estimate of drug-likeness (QED) is 0.709. The molecule has 0 bridgehead atoms. The maximum atomic E-state index is 11.6. The number of rotatable bonds is 3. The zero-order valence-electron chi connectivity index (χ0n) is 8.78. The van der Waals surface area contributed by atoms with Gasteiger partial charge in [-0.3, -0.25) is 9.59 Å². The van der Waals surface area contributed by atoms with E-state index >= 15 is 0 Å². The van der Waals surface area contributed by atoms with Crippen LogP contribution in [0.3, 0.4) is 0 Å². The zero-order chi connectivity index (χ0) is 10.6. The molecule has 0 aromatic rings. The van der Waals surface area contributed by atoms with E-state index in [4.69, 9.17) is 0 Å². The highest BCUT2D eigenvalue weighted by atomic mass is 32.2. The number of ketones is 1. The smallest absolute Gasteiger partial charge is 0.232 e. The molecule has 0 saturated carbocycles. The molecule has 0 N–H and O–H groups in total. The zero-order valence-corrected chi connectivity index (χ0v) is 9.60. The van der Waals surface area contributed by atoms with Gasteiger partial charge in [0.2, 0.25) is 5.91 Å². The fourth-order valence-electron chi connectivity index (χ4n) is 1.71. The van der Waals surface area contributed by atoms with Crippen molar-refractivity contribution in [2.45, 2.75) is 19.8 Å². The maximum Gasteiger partial charge on any atom is 0.232 e. The van der Waals surface area contributed by atoms with Gasteiger partial charge in [-0.2, -0.15) is 11.8 Å². The number of likely N-dealkylation sites (tertiary alicyclic amines) is 1. The summed E-state index contributed by atoms with van der Waals surface area (Å²) in [6.07, 6.45) is 3.31. The Balaban J connectivity index is 2.49. The minimum Gasteiger partial charge on any atom is -0.341 e. The summed E-state index contributed by atoms with van der Waals surface area (Å²) in [6, 6.07) is 0. The van der Waals surface area contributed by atoms with E-state index in [1.165, 1.54) is 11.8 Å².